The third-order valence-electron chi connectivity index (χ3n) is 11.9. The number of hydrogen-bond donors (Lipinski definition) is 1. The zero-order valence-corrected chi connectivity index (χ0v) is 24.7. The van der Waals surface area contributed by atoms with Gasteiger partial charge in [-0.2, -0.15) is 5.26 Å². The van der Waals surface area contributed by atoms with Crippen molar-refractivity contribution in [1.82, 2.24) is 9.80 Å². The lowest BCUT2D eigenvalue weighted by Crippen LogP contribution is -2.65. The molecule has 42 heavy (non-hydrogen) atoms. The van der Waals surface area contributed by atoms with Crippen LogP contribution in [0.4, 0.5) is 10.1 Å². The monoisotopic (exact) mass is 575 g/mol. The van der Waals surface area contributed by atoms with E-state index in [2.05, 4.69) is 28.9 Å². The summed E-state index contributed by atoms with van der Waals surface area (Å²) in [6, 6.07) is 6.51. The molecule has 0 saturated carbocycles. The van der Waals surface area contributed by atoms with Crippen LogP contribution in [0.2, 0.25) is 0 Å². The van der Waals surface area contributed by atoms with E-state index in [1.54, 1.807) is 0 Å². The Morgan fingerprint density at radius 1 is 1.24 bits per heavy atom. The summed E-state index contributed by atoms with van der Waals surface area (Å²) >= 11 is 0. The van der Waals surface area contributed by atoms with Crippen LogP contribution >= 0.6 is 0 Å². The fourth-order valence-electron chi connectivity index (χ4n) is 9.45. The Morgan fingerprint density at radius 3 is 2.93 bits per heavy atom. The number of hydrogen-bond acceptors (Lipinski definition) is 8. The minimum Gasteiger partial charge on any atom is -0.479 e. The minimum atomic E-state index is -0.779. The van der Waals surface area contributed by atoms with E-state index in [4.69, 9.17) is 24.9 Å². The van der Waals surface area contributed by atoms with Crippen LogP contribution in [0.25, 0.3) is 0 Å². The largest absolute Gasteiger partial charge is 0.479 e. The number of nitrogens with two attached hydrogens (primary N) is 1. The van der Waals surface area contributed by atoms with Crippen molar-refractivity contribution in [3.05, 3.63) is 40.1 Å². The van der Waals surface area contributed by atoms with Gasteiger partial charge >= 0.3 is 0 Å². The summed E-state index contributed by atoms with van der Waals surface area (Å²) < 4.78 is 34.0. The Balaban J connectivity index is 1.16. The summed E-state index contributed by atoms with van der Waals surface area (Å²) in [6.07, 6.45) is 7.16. The predicted octanol–water partition coefficient (Wildman–Crippen LogP) is 4.54. The average Bonchev–Trinajstić information content (AvgIpc) is 3.69. The Kier molecular flexibility index (Phi) is 6.28. The Morgan fingerprint density at radius 2 is 2.14 bits per heavy atom. The van der Waals surface area contributed by atoms with Gasteiger partial charge in [0.2, 0.25) is 0 Å². The van der Waals surface area contributed by atoms with E-state index in [1.165, 1.54) is 5.57 Å². The zero-order valence-electron chi connectivity index (χ0n) is 24.7. The number of benzene rings is 1. The van der Waals surface area contributed by atoms with Crippen LogP contribution in [0, 0.1) is 11.3 Å². The standard InChI is InChI=1S/C33H42FN5O3/c1-21-5-7-33(30-23(21)3-4-26(36)24(30)16-35)15-27-25(18-42-33)28(39-11-8-31(39)9-12-40-19-31)13-29(37-27)41-20-32-6-2-10-38(32)17-22(34)14-32/h3-4,21-22,28H,2,5-15,17-20,36H2,1H3. The molecule has 9 heteroatoms. The van der Waals surface area contributed by atoms with E-state index in [-0.39, 0.29) is 17.1 Å². The molecule has 6 heterocycles. The van der Waals surface area contributed by atoms with Crippen molar-refractivity contribution in [1.29, 1.82) is 5.26 Å². The van der Waals surface area contributed by atoms with Gasteiger partial charge in [-0.05, 0) is 68.2 Å². The summed E-state index contributed by atoms with van der Waals surface area (Å²) in [6.45, 7) is 7.28. The van der Waals surface area contributed by atoms with E-state index in [0.717, 1.165) is 87.5 Å². The third-order valence-corrected chi connectivity index (χ3v) is 11.9. The van der Waals surface area contributed by atoms with E-state index in [9.17, 15) is 9.65 Å². The predicted molar refractivity (Wildman–Crippen MR) is 157 cm³/mol. The van der Waals surface area contributed by atoms with Gasteiger partial charge in [0.05, 0.1) is 30.0 Å². The highest BCUT2D eigenvalue weighted by atomic mass is 19.1. The maximum absolute atomic E-state index is 14.5. The van der Waals surface area contributed by atoms with Gasteiger partial charge in [0.15, 0.2) is 5.90 Å². The molecule has 6 unspecified atom stereocenters. The van der Waals surface area contributed by atoms with Crippen LogP contribution in [0.1, 0.15) is 87.3 Å². The second-order valence-corrected chi connectivity index (χ2v) is 14.0. The highest BCUT2D eigenvalue weighted by Gasteiger charge is 2.55. The van der Waals surface area contributed by atoms with Gasteiger partial charge in [0, 0.05) is 61.8 Å². The van der Waals surface area contributed by atoms with E-state index >= 15 is 0 Å². The van der Waals surface area contributed by atoms with E-state index in [1.807, 2.05) is 6.07 Å². The molecule has 0 radical (unpaired) electrons. The van der Waals surface area contributed by atoms with Crippen molar-refractivity contribution in [2.75, 3.05) is 51.8 Å². The van der Waals surface area contributed by atoms with Crippen LogP contribution < -0.4 is 5.73 Å². The first-order valence-corrected chi connectivity index (χ1v) is 16.0. The number of rotatable bonds is 3. The lowest BCUT2D eigenvalue weighted by molar-refractivity contribution is -0.0835. The molecule has 0 bridgehead atoms. The molecule has 0 amide bonds. The molecule has 8 rings (SSSR count). The molecule has 1 aliphatic carbocycles. The molecule has 2 N–H and O–H groups in total. The third kappa shape index (κ3) is 3.94. The highest BCUT2D eigenvalue weighted by Crippen LogP contribution is 2.54. The number of nitrogens with zero attached hydrogens (tertiary/aromatic N) is 4. The molecule has 6 atom stereocenters. The van der Waals surface area contributed by atoms with E-state index < -0.39 is 11.8 Å². The lowest BCUT2D eigenvalue weighted by Gasteiger charge is -2.56. The number of aliphatic imine (C=N–C) groups is 1. The van der Waals surface area contributed by atoms with Gasteiger partial charge in [-0.3, -0.25) is 9.80 Å². The van der Waals surface area contributed by atoms with Gasteiger partial charge in [0.25, 0.3) is 0 Å². The van der Waals surface area contributed by atoms with Crippen LogP contribution in [0.5, 0.6) is 0 Å². The molecule has 224 valence electrons. The summed E-state index contributed by atoms with van der Waals surface area (Å²) in [7, 11) is 0. The van der Waals surface area contributed by atoms with Gasteiger partial charge in [0.1, 0.15) is 24.4 Å². The molecule has 2 spiro atoms. The number of fused-ring (bicyclic) bond motifs is 3. The first kappa shape index (κ1) is 27.1. The van der Waals surface area contributed by atoms with E-state index in [0.29, 0.717) is 56.2 Å². The van der Waals surface area contributed by atoms with Gasteiger partial charge in [-0.15, -0.1) is 0 Å². The lowest BCUT2D eigenvalue weighted by atomic mass is 9.69. The first-order chi connectivity index (χ1) is 20.4. The number of alkyl halides is 1. The quantitative estimate of drug-likeness (QED) is 0.529. The van der Waals surface area contributed by atoms with Crippen molar-refractivity contribution in [3.63, 3.8) is 0 Å². The van der Waals surface area contributed by atoms with Crippen molar-refractivity contribution in [2.45, 2.75) is 99.5 Å². The fourth-order valence-corrected chi connectivity index (χ4v) is 9.45. The number of anilines is 1. The van der Waals surface area contributed by atoms with Gasteiger partial charge < -0.3 is 19.9 Å². The Hall–Kier alpha value is -2.51. The second kappa shape index (κ2) is 9.75. The molecule has 1 aromatic carbocycles. The van der Waals surface area contributed by atoms with Crippen LogP contribution in [-0.2, 0) is 19.8 Å². The summed E-state index contributed by atoms with van der Waals surface area (Å²) in [4.78, 5) is 10.2. The Labute approximate surface area is 247 Å². The number of nitrogen functional groups attached to an aromatic ring is 1. The minimum absolute atomic E-state index is 0.0868. The molecule has 8 nitrogen and oxygen atoms in total. The van der Waals surface area contributed by atoms with Gasteiger partial charge in [-0.25, -0.2) is 9.38 Å². The maximum Gasteiger partial charge on any atom is 0.190 e. The summed E-state index contributed by atoms with van der Waals surface area (Å²) in [5, 5.41) is 10.2. The normalized spacial score (nSPS) is 39.5. The van der Waals surface area contributed by atoms with Crippen molar-refractivity contribution < 1.29 is 18.6 Å². The molecule has 4 fully saturated rings. The molecule has 4 saturated heterocycles. The molecular weight excluding hydrogens is 533 g/mol. The number of halogens is 1. The van der Waals surface area contributed by atoms with Crippen molar-refractivity contribution in [3.8, 4) is 6.07 Å². The van der Waals surface area contributed by atoms with Crippen molar-refractivity contribution >= 4 is 11.6 Å². The second-order valence-electron chi connectivity index (χ2n) is 14.0. The maximum atomic E-state index is 14.5. The highest BCUT2D eigenvalue weighted by molar-refractivity contribution is 5.80. The smallest absolute Gasteiger partial charge is 0.190 e. The fraction of sp³-hybridized carbons (Fsp3) is 0.697. The summed E-state index contributed by atoms with van der Waals surface area (Å²) in [5.74, 6) is 1.10. The SMILES string of the molecule is CC1CCC2(CC3=C(CO2)C(N2CCC24CCOC4)CC(OCC24CCCN2CC(F)C4)=N3)c2c1ccc(N)c2C#N. The first-order valence-electron chi connectivity index (χ1n) is 16.0. The molecule has 6 aliphatic heterocycles. The van der Waals surface area contributed by atoms with Gasteiger partial charge in [-0.1, -0.05) is 13.0 Å². The average molecular weight is 576 g/mol. The zero-order chi connectivity index (χ0) is 28.7. The number of ether oxygens (including phenoxy) is 3. The molecule has 0 aromatic heterocycles. The summed E-state index contributed by atoms with van der Waals surface area (Å²) in [5.41, 5.74) is 11.1. The molecular formula is C33H42FN5O3. The molecule has 7 aliphatic rings. The Bertz CT molecular complexity index is 1400. The van der Waals surface area contributed by atoms with Crippen LogP contribution in [-0.4, -0.2) is 85.1 Å². The number of likely N-dealkylation sites (tertiary alicyclic amines) is 1. The van der Waals surface area contributed by atoms with Crippen molar-refractivity contribution in [2.24, 2.45) is 4.99 Å². The topological polar surface area (TPSA) is 96.3 Å². The van der Waals surface area contributed by atoms with Crippen LogP contribution in [0.3, 0.4) is 0 Å². The number of nitriles is 1. The molecule has 1 aromatic rings. The van der Waals surface area contributed by atoms with Crippen LogP contribution in [0.15, 0.2) is 28.4 Å².